The Labute approximate surface area is 115 Å². The maximum absolute atomic E-state index is 6.07. The Morgan fingerprint density at radius 3 is 2.22 bits per heavy atom. The second kappa shape index (κ2) is 7.88. The summed E-state index contributed by atoms with van der Waals surface area (Å²) in [6.45, 7) is 15.1. The quantitative estimate of drug-likeness (QED) is 0.405. The maximum Gasteiger partial charge on any atom is 0.182 e. The molecule has 0 amide bonds. The fourth-order valence-electron chi connectivity index (χ4n) is 1.10. The lowest BCUT2D eigenvalue weighted by atomic mass is 10.2. The van der Waals surface area contributed by atoms with Crippen LogP contribution in [-0.2, 0) is 4.74 Å². The Hall–Kier alpha value is -1.35. The van der Waals surface area contributed by atoms with Gasteiger partial charge < -0.3 is 4.74 Å². The van der Waals surface area contributed by atoms with E-state index in [9.17, 15) is 0 Å². The summed E-state index contributed by atoms with van der Waals surface area (Å²) in [6.07, 6.45) is 1.64. The minimum Gasteiger partial charge on any atom is -0.486 e. The summed E-state index contributed by atoms with van der Waals surface area (Å²) >= 11 is 6.07. The van der Waals surface area contributed by atoms with Gasteiger partial charge in [0.1, 0.15) is 5.70 Å². The third-order valence-corrected chi connectivity index (χ3v) is 2.28. The molecule has 0 radical (unpaired) electrons. The first-order chi connectivity index (χ1) is 8.33. The normalized spacial score (nSPS) is 14.4. The number of ether oxygens (including phenoxy) is 1. The molecule has 0 aromatic carbocycles. The Morgan fingerprint density at radius 1 is 1.33 bits per heavy atom. The lowest BCUT2D eigenvalue weighted by molar-refractivity contribution is 0.162. The number of aliphatic imine (C=N–C) groups is 2. The van der Waals surface area contributed by atoms with Crippen LogP contribution in [0.15, 0.2) is 46.2 Å². The van der Waals surface area contributed by atoms with Crippen LogP contribution in [0.4, 0.5) is 0 Å². The molecule has 0 unspecified atom stereocenters. The van der Waals surface area contributed by atoms with Crippen LogP contribution in [-0.4, -0.2) is 24.0 Å². The summed E-state index contributed by atoms with van der Waals surface area (Å²) in [7, 11) is 1.60. The van der Waals surface area contributed by atoms with E-state index in [1.54, 1.807) is 13.1 Å². The number of nitrogens with zero attached hydrogens (tertiary/aromatic N) is 2. The maximum atomic E-state index is 6.07. The zero-order chi connectivity index (χ0) is 14.3. The van der Waals surface area contributed by atoms with Gasteiger partial charge in [0.05, 0.1) is 6.10 Å². The zero-order valence-electron chi connectivity index (χ0n) is 11.7. The van der Waals surface area contributed by atoms with Gasteiger partial charge in [-0.1, -0.05) is 24.8 Å². The summed E-state index contributed by atoms with van der Waals surface area (Å²) in [5.74, 6) is 0.447. The standard InChI is InChI=1S/C14H21ClN2O/c1-8-11(6)17-12(9(2)3)13(14(15)16-7)18-10(4)5/h8,10H,1-2H2,3-7H3/b13-12-,16-14?,17-11?. The fourth-order valence-corrected chi connectivity index (χ4v) is 1.24. The van der Waals surface area contributed by atoms with Crippen molar-refractivity contribution in [1.29, 1.82) is 0 Å². The molecule has 0 bridgehead atoms. The molecule has 0 saturated carbocycles. The van der Waals surface area contributed by atoms with E-state index in [1.165, 1.54) is 0 Å². The molecule has 4 heteroatoms. The summed E-state index contributed by atoms with van der Waals surface area (Å²) in [5, 5.41) is 0.280. The van der Waals surface area contributed by atoms with Gasteiger partial charge in [0.2, 0.25) is 0 Å². The highest BCUT2D eigenvalue weighted by molar-refractivity contribution is 6.69. The van der Waals surface area contributed by atoms with Crippen molar-refractivity contribution >= 4 is 22.5 Å². The summed E-state index contributed by atoms with van der Waals surface area (Å²) in [6, 6.07) is 0. The first-order valence-corrected chi connectivity index (χ1v) is 6.08. The van der Waals surface area contributed by atoms with Crippen LogP contribution in [0.5, 0.6) is 0 Å². The number of halogens is 1. The number of rotatable bonds is 6. The van der Waals surface area contributed by atoms with Gasteiger partial charge in [-0.3, -0.25) is 4.99 Å². The van der Waals surface area contributed by atoms with Gasteiger partial charge in [-0.05, 0) is 39.3 Å². The molecule has 0 aromatic rings. The molecule has 0 aromatic heterocycles. The average Bonchev–Trinajstić information content (AvgIpc) is 2.31. The molecule has 0 aliphatic rings. The second-order valence-electron chi connectivity index (χ2n) is 4.10. The first-order valence-electron chi connectivity index (χ1n) is 5.70. The number of hydrogen-bond acceptors (Lipinski definition) is 3. The Morgan fingerprint density at radius 2 is 1.89 bits per heavy atom. The van der Waals surface area contributed by atoms with Gasteiger partial charge in [0, 0.05) is 12.8 Å². The third kappa shape index (κ3) is 5.32. The molecule has 0 atom stereocenters. The molecule has 3 nitrogen and oxygen atoms in total. The van der Waals surface area contributed by atoms with E-state index in [-0.39, 0.29) is 11.3 Å². The smallest absolute Gasteiger partial charge is 0.182 e. The van der Waals surface area contributed by atoms with Crippen molar-refractivity contribution in [2.75, 3.05) is 7.05 Å². The third-order valence-electron chi connectivity index (χ3n) is 1.94. The predicted octanol–water partition coefficient (Wildman–Crippen LogP) is 4.11. The van der Waals surface area contributed by atoms with E-state index in [0.29, 0.717) is 11.5 Å². The van der Waals surface area contributed by atoms with Crippen LogP contribution in [0.3, 0.4) is 0 Å². The van der Waals surface area contributed by atoms with Crippen molar-refractivity contribution in [3.05, 3.63) is 36.3 Å². The molecule has 0 aliphatic carbocycles. The Balaban J connectivity index is 5.86. The van der Waals surface area contributed by atoms with Crippen LogP contribution >= 0.6 is 11.6 Å². The molecule has 0 N–H and O–H groups in total. The monoisotopic (exact) mass is 268 g/mol. The van der Waals surface area contributed by atoms with Crippen molar-refractivity contribution in [3.63, 3.8) is 0 Å². The average molecular weight is 269 g/mol. The molecule has 18 heavy (non-hydrogen) atoms. The van der Waals surface area contributed by atoms with Gasteiger partial charge in [0.15, 0.2) is 10.9 Å². The van der Waals surface area contributed by atoms with Gasteiger partial charge in [0.25, 0.3) is 0 Å². The topological polar surface area (TPSA) is 34.0 Å². The van der Waals surface area contributed by atoms with E-state index in [4.69, 9.17) is 16.3 Å². The van der Waals surface area contributed by atoms with Gasteiger partial charge in [-0.25, -0.2) is 4.99 Å². The first kappa shape index (κ1) is 16.6. The summed E-state index contributed by atoms with van der Waals surface area (Å²) in [5.41, 5.74) is 2.11. The van der Waals surface area contributed by atoms with E-state index < -0.39 is 0 Å². The lowest BCUT2D eigenvalue weighted by Crippen LogP contribution is -2.11. The second-order valence-corrected chi connectivity index (χ2v) is 4.45. The Bertz CT molecular complexity index is 418. The van der Waals surface area contributed by atoms with Crippen LogP contribution in [0, 0.1) is 0 Å². The van der Waals surface area contributed by atoms with Crippen molar-refractivity contribution in [3.8, 4) is 0 Å². The highest BCUT2D eigenvalue weighted by Crippen LogP contribution is 2.21. The molecule has 0 aliphatic heterocycles. The van der Waals surface area contributed by atoms with E-state index >= 15 is 0 Å². The molecule has 0 heterocycles. The molecular formula is C14H21ClN2O. The predicted molar refractivity (Wildman–Crippen MR) is 80.6 cm³/mol. The van der Waals surface area contributed by atoms with Gasteiger partial charge >= 0.3 is 0 Å². The van der Waals surface area contributed by atoms with Crippen molar-refractivity contribution in [1.82, 2.24) is 0 Å². The van der Waals surface area contributed by atoms with Crippen LogP contribution in [0.1, 0.15) is 27.7 Å². The minimum absolute atomic E-state index is 0.0240. The van der Waals surface area contributed by atoms with Crippen molar-refractivity contribution in [2.24, 2.45) is 9.98 Å². The van der Waals surface area contributed by atoms with E-state index in [1.807, 2.05) is 27.7 Å². The summed E-state index contributed by atoms with van der Waals surface area (Å²) in [4.78, 5) is 8.35. The van der Waals surface area contributed by atoms with E-state index in [2.05, 4.69) is 23.1 Å². The molecule has 0 spiro atoms. The fraction of sp³-hybridized carbons (Fsp3) is 0.429. The highest BCUT2D eigenvalue weighted by Gasteiger charge is 2.15. The lowest BCUT2D eigenvalue weighted by Gasteiger charge is -2.15. The Kier molecular flexibility index (Phi) is 7.29. The number of allylic oxidation sites excluding steroid dienone is 3. The summed E-state index contributed by atoms with van der Waals surface area (Å²) < 4.78 is 5.69. The van der Waals surface area contributed by atoms with Crippen LogP contribution in [0.2, 0.25) is 0 Å². The van der Waals surface area contributed by atoms with Crippen molar-refractivity contribution in [2.45, 2.75) is 33.8 Å². The zero-order valence-corrected chi connectivity index (χ0v) is 12.5. The SMILES string of the molecule is C=CC(C)=N/C(C(=C)C)=C(\OC(C)C)C(Cl)=NC. The molecule has 100 valence electrons. The molecule has 0 rings (SSSR count). The number of hydrogen-bond donors (Lipinski definition) is 0. The van der Waals surface area contributed by atoms with Gasteiger partial charge in [-0.2, -0.15) is 0 Å². The van der Waals surface area contributed by atoms with Crippen molar-refractivity contribution < 1.29 is 4.74 Å². The van der Waals surface area contributed by atoms with Gasteiger partial charge in [-0.15, -0.1) is 0 Å². The van der Waals surface area contributed by atoms with E-state index in [0.717, 1.165) is 11.3 Å². The molecular weight excluding hydrogens is 248 g/mol. The minimum atomic E-state index is -0.0240. The molecule has 0 fully saturated rings. The largest absolute Gasteiger partial charge is 0.486 e. The highest BCUT2D eigenvalue weighted by atomic mass is 35.5. The molecule has 0 saturated heterocycles. The van der Waals surface area contributed by atoms with Crippen LogP contribution < -0.4 is 0 Å². The van der Waals surface area contributed by atoms with Crippen LogP contribution in [0.25, 0.3) is 0 Å².